The second kappa shape index (κ2) is 24.7. The van der Waals surface area contributed by atoms with E-state index in [1.54, 1.807) is 24.3 Å². The molecule has 0 heterocycles. The largest absolute Gasteiger partial charge is 1.00 e. The normalized spacial score (nSPS) is 11.3. The fourth-order valence-corrected chi connectivity index (χ4v) is 6.32. The molecule has 0 amide bonds. The summed E-state index contributed by atoms with van der Waals surface area (Å²) in [5.41, 5.74) is 5.29. The Morgan fingerprint density at radius 1 is 0.554 bits per heavy atom. The molecule has 0 aliphatic heterocycles. The Hall–Kier alpha value is -4.69. The minimum Gasteiger partial charge on any atom is -0.747 e. The topological polar surface area (TPSA) is 176 Å². The van der Waals surface area contributed by atoms with Crippen LogP contribution in [0.15, 0.2) is 97.1 Å². The van der Waals surface area contributed by atoms with Crippen LogP contribution in [0.4, 0.5) is 0 Å². The maximum atomic E-state index is 12.4. The summed E-state index contributed by atoms with van der Waals surface area (Å²) in [4.78, 5) is 24.6. The zero-order valence-electron chi connectivity index (χ0n) is 31.7. The number of hydrogen-bond donors (Lipinski definition) is 0. The van der Waals surface area contributed by atoms with Gasteiger partial charge in [0.1, 0.15) is 26.9 Å². The molecule has 4 aromatic rings. The minimum atomic E-state index is -5.02. The molecule has 11 nitrogen and oxygen atoms in total. The van der Waals surface area contributed by atoms with Gasteiger partial charge >= 0.3 is 41.5 Å². The molecule has 0 radical (unpaired) electrons. The van der Waals surface area contributed by atoms with Crippen molar-refractivity contribution in [3.63, 3.8) is 0 Å². The first-order valence-electron chi connectivity index (χ1n) is 18.4. The Bertz CT molecular complexity index is 1990. The molecule has 56 heavy (non-hydrogen) atoms. The van der Waals surface area contributed by atoms with E-state index in [2.05, 4.69) is 12.1 Å². The molecule has 0 saturated heterocycles. The molecular weight excluding hydrogens is 744 g/mol. The van der Waals surface area contributed by atoms with Crippen LogP contribution in [-0.2, 0) is 29.2 Å². The number of nitrogens with zero attached hydrogens (tertiary/aromatic N) is 2. The fourth-order valence-electron chi connectivity index (χ4n) is 5.61. The van der Waals surface area contributed by atoms with Crippen LogP contribution in [0, 0.1) is 22.7 Å². The molecule has 0 fully saturated rings. The van der Waals surface area contributed by atoms with Crippen molar-refractivity contribution in [1.82, 2.24) is 0 Å². The van der Waals surface area contributed by atoms with E-state index in [4.69, 9.17) is 29.5 Å². The van der Waals surface area contributed by atoms with Gasteiger partial charge in [0.2, 0.25) is 0 Å². The van der Waals surface area contributed by atoms with Gasteiger partial charge in [-0.1, -0.05) is 48.5 Å². The first-order chi connectivity index (χ1) is 26.7. The van der Waals surface area contributed by atoms with Crippen LogP contribution in [0.1, 0.15) is 75.3 Å². The van der Waals surface area contributed by atoms with E-state index >= 15 is 0 Å². The van der Waals surface area contributed by atoms with E-state index in [0.717, 1.165) is 65.9 Å². The standard InChI is InChI=1S/C43H46N2O9S.Na/c44-31-33-9-13-35(14-10-33)37-17-21-39(22-18-37)51-27-5-1-3-7-29-53-42(46)26-25-41(55(48,49)50)43(47)54-30-8-4-2-6-28-52-40-23-19-38(20-24-40)36-15-11-34(32-45)12-16-36;/h9-24,41H,1-8,25-30H2,(H,48,49,50);/q;+1/p-1. The first kappa shape index (κ1) is 45.7. The maximum absolute atomic E-state index is 12.4. The SMILES string of the molecule is N#Cc1ccc(-c2ccc(OCCCCCCOC(=O)CCC(C(=O)OCCCCCCOc3ccc(-c4ccc(C#N)cc4)cc3)S(=O)(=O)[O-])cc2)cc1.[Na+]. The fraction of sp³-hybridized carbons (Fsp3) is 0.349. The molecule has 13 heteroatoms. The van der Waals surface area contributed by atoms with Gasteiger partial charge in [-0.3, -0.25) is 9.59 Å². The van der Waals surface area contributed by atoms with Crippen molar-refractivity contribution in [2.75, 3.05) is 26.4 Å². The number of carbonyl (C=O) groups excluding carboxylic acids is 2. The van der Waals surface area contributed by atoms with E-state index < -0.39 is 40.1 Å². The molecule has 0 aliphatic rings. The quantitative estimate of drug-likeness (QED) is 0.0422. The van der Waals surface area contributed by atoms with Gasteiger partial charge in [-0.05, 0) is 129 Å². The van der Waals surface area contributed by atoms with Gasteiger partial charge in [0.15, 0.2) is 0 Å². The summed E-state index contributed by atoms with van der Waals surface area (Å²) in [7, 11) is -5.02. The third kappa shape index (κ3) is 16.2. The molecule has 0 aliphatic carbocycles. The molecule has 0 N–H and O–H groups in total. The van der Waals surface area contributed by atoms with Crippen LogP contribution in [0.2, 0.25) is 0 Å². The molecular formula is C43H45N2NaO9S. The maximum Gasteiger partial charge on any atom is 1.00 e. The molecule has 0 spiro atoms. The molecule has 0 saturated carbocycles. The Labute approximate surface area is 351 Å². The molecule has 4 aromatic carbocycles. The van der Waals surface area contributed by atoms with Crippen molar-refractivity contribution in [3.05, 3.63) is 108 Å². The number of unbranched alkanes of at least 4 members (excludes halogenated alkanes) is 6. The van der Waals surface area contributed by atoms with Crippen molar-refractivity contribution < 1.29 is 71.1 Å². The third-order valence-electron chi connectivity index (χ3n) is 8.75. The average molecular weight is 789 g/mol. The van der Waals surface area contributed by atoms with Gasteiger partial charge in [-0.15, -0.1) is 0 Å². The minimum absolute atomic E-state index is 0. The summed E-state index contributed by atoms with van der Waals surface area (Å²) >= 11 is 0. The van der Waals surface area contributed by atoms with Crippen molar-refractivity contribution in [1.29, 1.82) is 10.5 Å². The number of ether oxygens (including phenoxy) is 4. The van der Waals surface area contributed by atoms with Gasteiger partial charge in [0, 0.05) is 6.42 Å². The predicted molar refractivity (Wildman–Crippen MR) is 206 cm³/mol. The summed E-state index contributed by atoms with van der Waals surface area (Å²) in [6.07, 6.45) is 4.92. The molecule has 288 valence electrons. The Kier molecular flexibility index (Phi) is 20.2. The monoisotopic (exact) mass is 788 g/mol. The Morgan fingerprint density at radius 2 is 0.911 bits per heavy atom. The average Bonchev–Trinajstić information content (AvgIpc) is 3.20. The summed E-state index contributed by atoms with van der Waals surface area (Å²) in [6.45, 7) is 1.14. The second-order valence-corrected chi connectivity index (χ2v) is 14.4. The van der Waals surface area contributed by atoms with E-state index in [1.807, 2.05) is 72.8 Å². The number of rotatable bonds is 23. The van der Waals surface area contributed by atoms with E-state index in [-0.39, 0.29) is 42.8 Å². The van der Waals surface area contributed by atoms with Crippen LogP contribution in [-0.4, -0.2) is 56.6 Å². The van der Waals surface area contributed by atoms with E-state index in [0.29, 0.717) is 43.6 Å². The molecule has 1 unspecified atom stereocenters. The molecule has 0 bridgehead atoms. The van der Waals surface area contributed by atoms with Crippen LogP contribution in [0.5, 0.6) is 11.5 Å². The van der Waals surface area contributed by atoms with Gasteiger partial charge in [-0.2, -0.15) is 10.5 Å². The van der Waals surface area contributed by atoms with Crippen molar-refractivity contribution in [2.24, 2.45) is 0 Å². The second-order valence-electron chi connectivity index (χ2n) is 12.9. The predicted octanol–water partition coefficient (Wildman–Crippen LogP) is 5.13. The van der Waals surface area contributed by atoms with Gasteiger partial charge < -0.3 is 23.5 Å². The van der Waals surface area contributed by atoms with E-state index in [1.165, 1.54) is 0 Å². The number of hydrogen-bond acceptors (Lipinski definition) is 11. The molecule has 1 atom stereocenters. The van der Waals surface area contributed by atoms with Crippen LogP contribution in [0.3, 0.4) is 0 Å². The summed E-state index contributed by atoms with van der Waals surface area (Å²) in [5, 5.41) is 15.9. The first-order valence-corrected chi connectivity index (χ1v) is 19.9. The summed E-state index contributed by atoms with van der Waals surface area (Å²) < 4.78 is 57.1. The van der Waals surface area contributed by atoms with Gasteiger partial charge in [-0.25, -0.2) is 8.42 Å². The number of benzene rings is 4. The van der Waals surface area contributed by atoms with E-state index in [9.17, 15) is 22.6 Å². The summed E-state index contributed by atoms with van der Waals surface area (Å²) in [5.74, 6) is -0.342. The van der Waals surface area contributed by atoms with Gasteiger partial charge in [0.05, 0.1) is 49.7 Å². The van der Waals surface area contributed by atoms with Crippen LogP contribution >= 0.6 is 0 Å². The van der Waals surface area contributed by atoms with Crippen LogP contribution in [0.25, 0.3) is 22.3 Å². The number of carbonyl (C=O) groups is 2. The molecule has 4 rings (SSSR count). The number of nitriles is 2. The van der Waals surface area contributed by atoms with Crippen molar-refractivity contribution in [3.8, 4) is 45.9 Å². The number of esters is 2. The Balaban J connectivity index is 0.00000841. The third-order valence-corrected chi connectivity index (χ3v) is 9.87. The zero-order valence-corrected chi connectivity index (χ0v) is 34.5. The van der Waals surface area contributed by atoms with Crippen molar-refractivity contribution >= 4 is 22.1 Å². The Morgan fingerprint density at radius 3 is 1.29 bits per heavy atom. The smallest absolute Gasteiger partial charge is 0.747 e. The van der Waals surface area contributed by atoms with Gasteiger partial charge in [0.25, 0.3) is 0 Å². The summed E-state index contributed by atoms with van der Waals surface area (Å²) in [6, 6.07) is 34.3. The van der Waals surface area contributed by atoms with Crippen molar-refractivity contribution in [2.45, 2.75) is 69.5 Å². The van der Waals surface area contributed by atoms with Crippen LogP contribution < -0.4 is 39.0 Å². The molecule has 0 aromatic heterocycles. The zero-order chi connectivity index (χ0) is 39.3.